The van der Waals surface area contributed by atoms with Crippen LogP contribution < -0.4 is 5.32 Å². The highest BCUT2D eigenvalue weighted by Gasteiger charge is 2.08. The lowest BCUT2D eigenvalue weighted by atomic mass is 10.4. The minimum Gasteiger partial charge on any atom is -0.481 e. The first-order valence-corrected chi connectivity index (χ1v) is 6.17. The second-order valence-corrected chi connectivity index (χ2v) is 4.57. The van der Waals surface area contributed by atoms with E-state index in [1.807, 2.05) is 11.8 Å². The van der Waals surface area contributed by atoms with E-state index in [1.165, 1.54) is 24.6 Å². The molecule has 0 aromatic heterocycles. The van der Waals surface area contributed by atoms with E-state index in [9.17, 15) is 4.79 Å². The van der Waals surface area contributed by atoms with Crippen molar-refractivity contribution in [2.24, 2.45) is 0 Å². The third-order valence-corrected chi connectivity index (χ3v) is 3.17. The number of rotatable bonds is 6. The van der Waals surface area contributed by atoms with Crippen molar-refractivity contribution >= 4 is 17.7 Å². The van der Waals surface area contributed by atoms with Crippen LogP contribution in [0.4, 0.5) is 0 Å². The van der Waals surface area contributed by atoms with Crippen LogP contribution in [0.1, 0.15) is 6.42 Å². The number of nitrogens with one attached hydrogen (secondary N) is 1. The van der Waals surface area contributed by atoms with Crippen LogP contribution in [0.2, 0.25) is 0 Å². The molecule has 1 aliphatic heterocycles. The molecule has 1 heterocycles. The van der Waals surface area contributed by atoms with E-state index in [-0.39, 0.29) is 6.42 Å². The largest absolute Gasteiger partial charge is 0.481 e. The van der Waals surface area contributed by atoms with Gasteiger partial charge in [-0.2, -0.15) is 11.8 Å². The zero-order chi connectivity index (χ0) is 10.2. The lowest BCUT2D eigenvalue weighted by Crippen LogP contribution is -2.38. The molecule has 14 heavy (non-hydrogen) atoms. The highest BCUT2D eigenvalue weighted by Crippen LogP contribution is 2.07. The normalized spacial score (nSPS) is 18.3. The first-order valence-electron chi connectivity index (χ1n) is 5.01. The van der Waals surface area contributed by atoms with Crippen molar-refractivity contribution < 1.29 is 9.90 Å². The maximum Gasteiger partial charge on any atom is 0.304 e. The van der Waals surface area contributed by atoms with Gasteiger partial charge in [-0.05, 0) is 0 Å². The quantitative estimate of drug-likeness (QED) is 0.619. The Bertz CT molecular complexity index is 172. The molecule has 0 aliphatic carbocycles. The number of carbonyl (C=O) groups is 1. The molecule has 5 heteroatoms. The second kappa shape index (κ2) is 7.09. The van der Waals surface area contributed by atoms with E-state index in [0.29, 0.717) is 6.54 Å². The Labute approximate surface area is 89.0 Å². The fraction of sp³-hybridized carbons (Fsp3) is 0.889. The van der Waals surface area contributed by atoms with Crippen LogP contribution in [-0.4, -0.2) is 60.2 Å². The van der Waals surface area contributed by atoms with Crippen molar-refractivity contribution in [1.82, 2.24) is 10.2 Å². The van der Waals surface area contributed by atoms with Gasteiger partial charge in [0.05, 0.1) is 6.42 Å². The average Bonchev–Trinajstić information content (AvgIpc) is 2.18. The molecular weight excluding hydrogens is 200 g/mol. The lowest BCUT2D eigenvalue weighted by Gasteiger charge is -2.25. The Morgan fingerprint density at radius 3 is 2.71 bits per heavy atom. The second-order valence-electron chi connectivity index (χ2n) is 3.35. The molecule has 0 aromatic carbocycles. The number of hydrogen-bond acceptors (Lipinski definition) is 4. The topological polar surface area (TPSA) is 52.6 Å². The van der Waals surface area contributed by atoms with Gasteiger partial charge >= 0.3 is 5.97 Å². The molecular formula is C9H18N2O2S. The van der Waals surface area contributed by atoms with Crippen molar-refractivity contribution in [3.63, 3.8) is 0 Å². The summed E-state index contributed by atoms with van der Waals surface area (Å²) in [5, 5.41) is 11.5. The zero-order valence-corrected chi connectivity index (χ0v) is 9.18. The van der Waals surface area contributed by atoms with Crippen LogP contribution >= 0.6 is 11.8 Å². The molecule has 1 rings (SSSR count). The Morgan fingerprint density at radius 2 is 2.07 bits per heavy atom. The maximum atomic E-state index is 10.2. The molecule has 0 unspecified atom stereocenters. The first kappa shape index (κ1) is 11.8. The zero-order valence-electron chi connectivity index (χ0n) is 8.37. The SMILES string of the molecule is O=C(O)CCNCCN1CCSCC1. The van der Waals surface area contributed by atoms with Gasteiger partial charge in [0.2, 0.25) is 0 Å². The van der Waals surface area contributed by atoms with E-state index >= 15 is 0 Å². The molecule has 0 radical (unpaired) electrons. The number of carboxylic acids is 1. The summed E-state index contributed by atoms with van der Waals surface area (Å²) in [7, 11) is 0. The first-order chi connectivity index (χ1) is 6.79. The molecule has 0 aromatic rings. The van der Waals surface area contributed by atoms with Crippen molar-refractivity contribution in [2.45, 2.75) is 6.42 Å². The molecule has 0 spiro atoms. The lowest BCUT2D eigenvalue weighted by molar-refractivity contribution is -0.136. The highest BCUT2D eigenvalue weighted by molar-refractivity contribution is 7.99. The molecule has 0 atom stereocenters. The van der Waals surface area contributed by atoms with Crippen LogP contribution in [0.15, 0.2) is 0 Å². The molecule has 1 fully saturated rings. The summed E-state index contributed by atoms with van der Waals surface area (Å²) in [4.78, 5) is 12.6. The van der Waals surface area contributed by atoms with Gasteiger partial charge in [-0.3, -0.25) is 4.79 Å². The number of hydrogen-bond donors (Lipinski definition) is 2. The van der Waals surface area contributed by atoms with Crippen molar-refractivity contribution in [3.05, 3.63) is 0 Å². The average molecular weight is 218 g/mol. The van der Waals surface area contributed by atoms with Crippen LogP contribution in [0, 0.1) is 0 Å². The Morgan fingerprint density at radius 1 is 1.36 bits per heavy atom. The number of carboxylic acid groups (broad SMARTS) is 1. The summed E-state index contributed by atoms with van der Waals surface area (Å²) < 4.78 is 0. The molecule has 1 saturated heterocycles. The van der Waals surface area contributed by atoms with E-state index in [1.54, 1.807) is 0 Å². The van der Waals surface area contributed by atoms with Gasteiger partial charge in [-0.15, -0.1) is 0 Å². The summed E-state index contributed by atoms with van der Waals surface area (Å²) in [6.07, 6.45) is 0.218. The molecule has 0 saturated carbocycles. The van der Waals surface area contributed by atoms with Gasteiger partial charge in [-0.1, -0.05) is 0 Å². The van der Waals surface area contributed by atoms with E-state index < -0.39 is 5.97 Å². The van der Waals surface area contributed by atoms with Gasteiger partial charge in [-0.25, -0.2) is 0 Å². The van der Waals surface area contributed by atoms with Gasteiger partial charge < -0.3 is 15.3 Å². The molecule has 0 amide bonds. The van der Waals surface area contributed by atoms with Gasteiger partial charge in [0.25, 0.3) is 0 Å². The highest BCUT2D eigenvalue weighted by atomic mass is 32.2. The standard InChI is InChI=1S/C9H18N2O2S/c12-9(13)1-2-10-3-4-11-5-7-14-8-6-11/h10H,1-8H2,(H,12,13). The minimum absolute atomic E-state index is 0.218. The monoisotopic (exact) mass is 218 g/mol. The molecule has 2 N–H and O–H groups in total. The predicted octanol–water partition coefficient (Wildman–Crippen LogP) is 0.0995. The van der Waals surface area contributed by atoms with Crippen molar-refractivity contribution in [3.8, 4) is 0 Å². The van der Waals surface area contributed by atoms with Gasteiger partial charge in [0.1, 0.15) is 0 Å². The van der Waals surface area contributed by atoms with Crippen LogP contribution in [0.5, 0.6) is 0 Å². The Kier molecular flexibility index (Phi) is 5.98. The summed E-state index contributed by atoms with van der Waals surface area (Å²) >= 11 is 2.01. The third kappa shape index (κ3) is 5.47. The fourth-order valence-corrected chi connectivity index (χ4v) is 2.36. The number of aliphatic carboxylic acids is 1. The molecule has 4 nitrogen and oxygen atoms in total. The summed E-state index contributed by atoms with van der Waals surface area (Å²) in [5.41, 5.74) is 0. The number of thioether (sulfide) groups is 1. The predicted molar refractivity (Wildman–Crippen MR) is 58.9 cm³/mol. The van der Waals surface area contributed by atoms with Gasteiger partial charge in [0, 0.05) is 44.2 Å². The molecule has 82 valence electrons. The van der Waals surface area contributed by atoms with E-state index in [4.69, 9.17) is 5.11 Å². The molecule has 1 aliphatic rings. The Hall–Kier alpha value is -0.260. The van der Waals surface area contributed by atoms with Crippen LogP contribution in [-0.2, 0) is 4.79 Å². The van der Waals surface area contributed by atoms with E-state index in [2.05, 4.69) is 10.2 Å². The van der Waals surface area contributed by atoms with Crippen LogP contribution in [0.3, 0.4) is 0 Å². The Balaban J connectivity index is 1.90. The molecule has 0 bridgehead atoms. The van der Waals surface area contributed by atoms with Crippen LogP contribution in [0.25, 0.3) is 0 Å². The van der Waals surface area contributed by atoms with Crippen molar-refractivity contribution in [2.75, 3.05) is 44.2 Å². The summed E-state index contributed by atoms with van der Waals surface area (Å²) in [6, 6.07) is 0. The third-order valence-electron chi connectivity index (χ3n) is 2.22. The van der Waals surface area contributed by atoms with E-state index in [0.717, 1.165) is 13.1 Å². The summed E-state index contributed by atoms with van der Waals surface area (Å²) in [6.45, 7) is 4.87. The fourth-order valence-electron chi connectivity index (χ4n) is 1.38. The smallest absolute Gasteiger partial charge is 0.304 e. The maximum absolute atomic E-state index is 10.2. The van der Waals surface area contributed by atoms with Crippen molar-refractivity contribution in [1.29, 1.82) is 0 Å². The minimum atomic E-state index is -0.730. The summed E-state index contributed by atoms with van der Waals surface area (Å²) in [5.74, 6) is 1.73. The number of nitrogens with zero attached hydrogens (tertiary/aromatic N) is 1. The van der Waals surface area contributed by atoms with Gasteiger partial charge in [0.15, 0.2) is 0 Å².